The Morgan fingerprint density at radius 2 is 2.29 bits per heavy atom. The predicted octanol–water partition coefficient (Wildman–Crippen LogP) is 2.52. The van der Waals surface area contributed by atoms with Crippen molar-refractivity contribution in [3.63, 3.8) is 0 Å². The van der Waals surface area contributed by atoms with Gasteiger partial charge in [0.25, 0.3) is 0 Å². The third-order valence-corrected chi connectivity index (χ3v) is 3.93. The molecule has 1 unspecified atom stereocenters. The third kappa shape index (κ3) is 2.16. The summed E-state index contributed by atoms with van der Waals surface area (Å²) < 4.78 is 19.0. The van der Waals surface area contributed by atoms with Crippen LogP contribution in [0.2, 0.25) is 0 Å². The summed E-state index contributed by atoms with van der Waals surface area (Å²) in [6.07, 6.45) is 4.77. The van der Waals surface area contributed by atoms with E-state index < -0.39 is 0 Å². The van der Waals surface area contributed by atoms with E-state index >= 15 is 0 Å². The Morgan fingerprint density at radius 1 is 1.47 bits per heavy atom. The molecule has 0 amide bonds. The summed E-state index contributed by atoms with van der Waals surface area (Å²) in [5.41, 5.74) is 1.47. The zero-order chi connectivity index (χ0) is 11.9. The Hall–Kier alpha value is -1.09. The fraction of sp³-hybridized carbons (Fsp3) is 0.571. The van der Waals surface area contributed by atoms with Gasteiger partial charge in [-0.1, -0.05) is 0 Å². The summed E-state index contributed by atoms with van der Waals surface area (Å²) in [5.74, 6) is 0.709. The molecule has 1 aliphatic carbocycles. The molecule has 0 radical (unpaired) electrons. The Labute approximate surface area is 101 Å². The van der Waals surface area contributed by atoms with Crippen molar-refractivity contribution in [2.24, 2.45) is 5.41 Å². The molecule has 0 aromatic heterocycles. The smallest absolute Gasteiger partial charge is 0.123 e. The van der Waals surface area contributed by atoms with E-state index in [0.29, 0.717) is 5.41 Å². The minimum Gasteiger partial charge on any atom is -0.490 e. The molecule has 92 valence electrons. The summed E-state index contributed by atoms with van der Waals surface area (Å²) in [7, 11) is 2.00. The Balaban J connectivity index is 1.66. The molecule has 3 rings (SSSR count). The minimum atomic E-state index is -0.163. The van der Waals surface area contributed by atoms with Crippen LogP contribution in [0.1, 0.15) is 24.8 Å². The molecule has 1 heterocycles. The van der Waals surface area contributed by atoms with Gasteiger partial charge in [-0.2, -0.15) is 0 Å². The van der Waals surface area contributed by atoms with Crippen LogP contribution in [0.15, 0.2) is 18.2 Å². The molecular weight excluding hydrogens is 217 g/mol. The van der Waals surface area contributed by atoms with E-state index in [2.05, 4.69) is 5.32 Å². The van der Waals surface area contributed by atoms with Crippen LogP contribution in [0.5, 0.6) is 5.75 Å². The minimum absolute atomic E-state index is 0.163. The van der Waals surface area contributed by atoms with Crippen LogP contribution >= 0.6 is 0 Å². The number of benzene rings is 1. The van der Waals surface area contributed by atoms with Crippen molar-refractivity contribution in [2.75, 3.05) is 13.6 Å². The van der Waals surface area contributed by atoms with Crippen LogP contribution in [0, 0.1) is 11.2 Å². The number of rotatable bonds is 4. The van der Waals surface area contributed by atoms with Crippen LogP contribution in [-0.4, -0.2) is 19.7 Å². The number of ether oxygens (including phenoxy) is 1. The zero-order valence-corrected chi connectivity index (χ0v) is 10.1. The van der Waals surface area contributed by atoms with Crippen LogP contribution in [0.25, 0.3) is 0 Å². The Bertz CT molecular complexity index is 428. The molecule has 0 bridgehead atoms. The second-order valence-corrected chi connectivity index (χ2v) is 5.43. The highest BCUT2D eigenvalue weighted by Gasteiger charge is 2.45. The second kappa shape index (κ2) is 3.98. The van der Waals surface area contributed by atoms with Crippen LogP contribution < -0.4 is 10.1 Å². The lowest BCUT2D eigenvalue weighted by molar-refractivity contribution is 0.185. The van der Waals surface area contributed by atoms with Gasteiger partial charge >= 0.3 is 0 Å². The third-order valence-electron chi connectivity index (χ3n) is 3.93. The van der Waals surface area contributed by atoms with E-state index in [1.165, 1.54) is 18.9 Å². The number of hydrogen-bond acceptors (Lipinski definition) is 2. The van der Waals surface area contributed by atoms with Gasteiger partial charge in [-0.15, -0.1) is 0 Å². The molecule has 17 heavy (non-hydrogen) atoms. The largest absolute Gasteiger partial charge is 0.490 e. The molecule has 1 atom stereocenters. The molecule has 0 saturated heterocycles. The zero-order valence-electron chi connectivity index (χ0n) is 10.1. The fourth-order valence-corrected chi connectivity index (χ4v) is 2.89. The molecule has 1 aromatic rings. The summed E-state index contributed by atoms with van der Waals surface area (Å²) in [6.45, 7) is 1.07. The molecule has 2 aliphatic rings. The van der Waals surface area contributed by atoms with E-state index in [-0.39, 0.29) is 11.9 Å². The Kier molecular flexibility index (Phi) is 2.58. The molecule has 1 aliphatic heterocycles. The summed E-state index contributed by atoms with van der Waals surface area (Å²) in [4.78, 5) is 0. The van der Waals surface area contributed by atoms with Crippen LogP contribution in [0.4, 0.5) is 4.39 Å². The average Bonchev–Trinajstić information content (AvgIpc) is 2.90. The number of halogens is 1. The van der Waals surface area contributed by atoms with E-state index in [1.807, 2.05) is 7.05 Å². The summed E-state index contributed by atoms with van der Waals surface area (Å²) in [5, 5.41) is 3.26. The maximum absolute atomic E-state index is 13.1. The van der Waals surface area contributed by atoms with Gasteiger partial charge in [-0.05, 0) is 49.9 Å². The molecule has 2 nitrogen and oxygen atoms in total. The topological polar surface area (TPSA) is 21.3 Å². The van der Waals surface area contributed by atoms with Gasteiger partial charge in [-0.25, -0.2) is 4.39 Å². The molecular formula is C14H18FNO. The SMILES string of the molecule is CNCC1(CC2Cc3cc(F)ccc3O2)CC1. The van der Waals surface area contributed by atoms with E-state index in [4.69, 9.17) is 4.74 Å². The van der Waals surface area contributed by atoms with Gasteiger partial charge in [0.2, 0.25) is 0 Å². The highest BCUT2D eigenvalue weighted by Crippen LogP contribution is 2.50. The molecule has 1 N–H and O–H groups in total. The maximum Gasteiger partial charge on any atom is 0.123 e. The molecule has 3 heteroatoms. The van der Waals surface area contributed by atoms with Crippen molar-refractivity contribution in [2.45, 2.75) is 31.8 Å². The first-order valence-corrected chi connectivity index (χ1v) is 6.30. The normalized spacial score (nSPS) is 24.2. The van der Waals surface area contributed by atoms with Crippen LogP contribution in [-0.2, 0) is 6.42 Å². The number of hydrogen-bond donors (Lipinski definition) is 1. The van der Waals surface area contributed by atoms with Crippen LogP contribution in [0.3, 0.4) is 0 Å². The van der Waals surface area contributed by atoms with Gasteiger partial charge in [0.05, 0.1) is 0 Å². The van der Waals surface area contributed by atoms with Gasteiger partial charge < -0.3 is 10.1 Å². The molecule has 1 saturated carbocycles. The summed E-state index contributed by atoms with van der Waals surface area (Å²) in [6, 6.07) is 4.83. The lowest BCUT2D eigenvalue weighted by atomic mass is 9.96. The average molecular weight is 235 g/mol. The first kappa shape index (κ1) is 11.0. The van der Waals surface area contributed by atoms with Gasteiger partial charge in [0, 0.05) is 18.5 Å². The monoisotopic (exact) mass is 235 g/mol. The lowest BCUT2D eigenvalue weighted by Crippen LogP contribution is -2.26. The van der Waals surface area contributed by atoms with Crippen molar-refractivity contribution in [3.8, 4) is 5.75 Å². The maximum atomic E-state index is 13.1. The highest BCUT2D eigenvalue weighted by atomic mass is 19.1. The Morgan fingerprint density at radius 3 is 3.00 bits per heavy atom. The highest BCUT2D eigenvalue weighted by molar-refractivity contribution is 5.38. The van der Waals surface area contributed by atoms with Crippen molar-refractivity contribution in [1.82, 2.24) is 5.32 Å². The van der Waals surface area contributed by atoms with E-state index in [0.717, 1.165) is 30.7 Å². The lowest BCUT2D eigenvalue weighted by Gasteiger charge is -2.19. The van der Waals surface area contributed by atoms with E-state index in [1.54, 1.807) is 12.1 Å². The fourth-order valence-electron chi connectivity index (χ4n) is 2.89. The van der Waals surface area contributed by atoms with Crippen molar-refractivity contribution >= 4 is 0 Å². The molecule has 1 aromatic carbocycles. The van der Waals surface area contributed by atoms with Gasteiger partial charge in [0.1, 0.15) is 17.7 Å². The first-order valence-electron chi connectivity index (χ1n) is 6.30. The van der Waals surface area contributed by atoms with Gasteiger partial charge in [-0.3, -0.25) is 0 Å². The number of nitrogens with one attached hydrogen (secondary N) is 1. The quantitative estimate of drug-likeness (QED) is 0.866. The summed E-state index contributed by atoms with van der Waals surface area (Å²) >= 11 is 0. The van der Waals surface area contributed by atoms with E-state index in [9.17, 15) is 4.39 Å². The number of fused-ring (bicyclic) bond motifs is 1. The first-order chi connectivity index (χ1) is 8.21. The second-order valence-electron chi connectivity index (χ2n) is 5.43. The molecule has 0 spiro atoms. The van der Waals surface area contributed by atoms with Crippen molar-refractivity contribution in [3.05, 3.63) is 29.6 Å². The van der Waals surface area contributed by atoms with Crippen molar-refractivity contribution < 1.29 is 9.13 Å². The van der Waals surface area contributed by atoms with Crippen molar-refractivity contribution in [1.29, 1.82) is 0 Å². The standard InChI is InChI=1S/C14H18FNO/c1-16-9-14(4-5-14)8-12-7-10-6-11(15)2-3-13(10)17-12/h2-3,6,12,16H,4-5,7-9H2,1H3. The predicted molar refractivity (Wildman–Crippen MR) is 64.7 cm³/mol. The molecule has 1 fully saturated rings. The van der Waals surface area contributed by atoms with Gasteiger partial charge in [0.15, 0.2) is 0 Å².